The molecule has 0 aliphatic carbocycles. The van der Waals surface area contributed by atoms with Crippen LogP contribution in [0.1, 0.15) is 11.1 Å². The Labute approximate surface area is 169 Å². The van der Waals surface area contributed by atoms with Gasteiger partial charge in [-0.3, -0.25) is 4.98 Å². The van der Waals surface area contributed by atoms with Crippen molar-refractivity contribution in [1.82, 2.24) is 15.0 Å². The molecule has 7 heteroatoms. The van der Waals surface area contributed by atoms with Gasteiger partial charge in [0, 0.05) is 37.0 Å². The average Bonchev–Trinajstić information content (AvgIpc) is 3.24. The van der Waals surface area contributed by atoms with Crippen molar-refractivity contribution < 1.29 is 9.84 Å². The van der Waals surface area contributed by atoms with Crippen molar-refractivity contribution >= 4 is 17.5 Å². The number of anilines is 3. The first-order valence-electron chi connectivity index (χ1n) is 9.95. The van der Waals surface area contributed by atoms with E-state index in [1.807, 2.05) is 36.5 Å². The number of aliphatic hydroxyl groups is 1. The second kappa shape index (κ2) is 7.77. The average molecular weight is 389 g/mol. The molecule has 1 fully saturated rings. The molecule has 1 N–H and O–H groups in total. The number of hydrogen-bond acceptors (Lipinski definition) is 7. The SMILES string of the molecule is OCc1ccc(-c2nc(N3CCOCC3)nc3c2CCN3c2cccnc2)cc1. The highest BCUT2D eigenvalue weighted by molar-refractivity contribution is 5.77. The molecule has 2 aromatic heterocycles. The Balaban J connectivity index is 1.62. The monoisotopic (exact) mass is 389 g/mol. The number of aromatic nitrogens is 3. The molecule has 1 saturated heterocycles. The summed E-state index contributed by atoms with van der Waals surface area (Å²) in [5, 5.41) is 9.37. The Hall–Kier alpha value is -3.03. The first-order valence-corrected chi connectivity index (χ1v) is 9.95. The molecule has 2 aliphatic heterocycles. The quantitative estimate of drug-likeness (QED) is 0.735. The van der Waals surface area contributed by atoms with E-state index >= 15 is 0 Å². The van der Waals surface area contributed by atoms with Crippen molar-refractivity contribution in [3.05, 3.63) is 59.9 Å². The molecule has 3 aromatic rings. The Kier molecular flexibility index (Phi) is 4.83. The summed E-state index contributed by atoms with van der Waals surface area (Å²) in [6, 6.07) is 12.0. The summed E-state index contributed by atoms with van der Waals surface area (Å²) in [4.78, 5) is 18.6. The normalized spacial score (nSPS) is 16.2. The van der Waals surface area contributed by atoms with Gasteiger partial charge in [-0.15, -0.1) is 0 Å². The van der Waals surface area contributed by atoms with Gasteiger partial charge in [0.2, 0.25) is 5.95 Å². The summed E-state index contributed by atoms with van der Waals surface area (Å²) in [6.45, 7) is 3.84. The number of pyridine rings is 1. The Bertz CT molecular complexity index is 988. The molecule has 7 nitrogen and oxygen atoms in total. The van der Waals surface area contributed by atoms with Crippen LogP contribution < -0.4 is 9.80 Å². The number of morpholine rings is 1. The summed E-state index contributed by atoms with van der Waals surface area (Å²) < 4.78 is 5.51. The van der Waals surface area contributed by atoms with E-state index in [-0.39, 0.29) is 6.61 Å². The maximum absolute atomic E-state index is 9.37. The predicted molar refractivity (Wildman–Crippen MR) is 111 cm³/mol. The maximum atomic E-state index is 9.37. The molecule has 0 unspecified atom stereocenters. The number of fused-ring (bicyclic) bond motifs is 1. The van der Waals surface area contributed by atoms with Crippen LogP contribution in [0.25, 0.3) is 11.3 Å². The van der Waals surface area contributed by atoms with Crippen molar-refractivity contribution in [2.75, 3.05) is 42.6 Å². The van der Waals surface area contributed by atoms with Crippen LogP contribution in [0.3, 0.4) is 0 Å². The molecule has 148 valence electrons. The fraction of sp³-hybridized carbons (Fsp3) is 0.318. The topological polar surface area (TPSA) is 74.6 Å². The molecule has 29 heavy (non-hydrogen) atoms. The Morgan fingerprint density at radius 3 is 2.55 bits per heavy atom. The van der Waals surface area contributed by atoms with E-state index in [4.69, 9.17) is 14.7 Å². The zero-order chi connectivity index (χ0) is 19.6. The highest BCUT2D eigenvalue weighted by Gasteiger charge is 2.29. The van der Waals surface area contributed by atoms with Crippen molar-refractivity contribution in [1.29, 1.82) is 0 Å². The van der Waals surface area contributed by atoms with Gasteiger partial charge < -0.3 is 19.6 Å². The zero-order valence-corrected chi connectivity index (χ0v) is 16.2. The molecule has 0 radical (unpaired) electrons. The molecular formula is C22H23N5O2. The number of rotatable bonds is 4. The van der Waals surface area contributed by atoms with E-state index in [0.29, 0.717) is 13.2 Å². The van der Waals surface area contributed by atoms with Crippen LogP contribution in [0.2, 0.25) is 0 Å². The van der Waals surface area contributed by atoms with E-state index in [2.05, 4.69) is 20.9 Å². The first-order chi connectivity index (χ1) is 14.3. The van der Waals surface area contributed by atoms with Gasteiger partial charge >= 0.3 is 0 Å². The highest BCUT2D eigenvalue weighted by atomic mass is 16.5. The molecule has 2 aliphatic rings. The zero-order valence-electron chi connectivity index (χ0n) is 16.2. The smallest absolute Gasteiger partial charge is 0.228 e. The van der Waals surface area contributed by atoms with E-state index in [0.717, 1.165) is 65.9 Å². The number of nitrogens with zero attached hydrogens (tertiary/aromatic N) is 5. The van der Waals surface area contributed by atoms with Crippen molar-refractivity contribution in [3.63, 3.8) is 0 Å². The van der Waals surface area contributed by atoms with Crippen LogP contribution in [-0.2, 0) is 17.8 Å². The van der Waals surface area contributed by atoms with Gasteiger partial charge in [0.15, 0.2) is 0 Å². The molecule has 0 atom stereocenters. The summed E-state index contributed by atoms with van der Waals surface area (Å²) in [5.41, 5.74) is 5.10. The minimum absolute atomic E-state index is 0.0377. The van der Waals surface area contributed by atoms with Gasteiger partial charge in [-0.2, -0.15) is 4.98 Å². The second-order valence-electron chi connectivity index (χ2n) is 7.24. The largest absolute Gasteiger partial charge is 0.392 e. The number of hydrogen-bond donors (Lipinski definition) is 1. The standard InChI is InChI=1S/C22H23N5O2/c28-15-16-3-5-17(6-4-16)20-19-7-9-27(18-2-1-8-23-14-18)21(19)25-22(24-20)26-10-12-29-13-11-26/h1-6,8,14,28H,7,9-13,15H2. The van der Waals surface area contributed by atoms with Crippen LogP contribution in [0.15, 0.2) is 48.8 Å². The first kappa shape index (κ1) is 18.0. The molecular weight excluding hydrogens is 366 g/mol. The highest BCUT2D eigenvalue weighted by Crippen LogP contribution is 2.39. The molecule has 0 spiro atoms. The van der Waals surface area contributed by atoms with Crippen LogP contribution in [0.4, 0.5) is 17.5 Å². The summed E-state index contributed by atoms with van der Waals surface area (Å²) in [5.74, 6) is 1.69. The van der Waals surface area contributed by atoms with E-state index in [1.54, 1.807) is 6.20 Å². The number of benzene rings is 1. The molecule has 5 rings (SSSR count). The van der Waals surface area contributed by atoms with Gasteiger partial charge in [0.25, 0.3) is 0 Å². The van der Waals surface area contributed by atoms with Gasteiger partial charge in [0.05, 0.1) is 37.4 Å². The van der Waals surface area contributed by atoms with Crippen LogP contribution in [0, 0.1) is 0 Å². The number of ether oxygens (including phenoxy) is 1. The van der Waals surface area contributed by atoms with Gasteiger partial charge in [-0.05, 0) is 24.1 Å². The van der Waals surface area contributed by atoms with Crippen molar-refractivity contribution in [3.8, 4) is 11.3 Å². The molecule has 1 aromatic carbocycles. The lowest BCUT2D eigenvalue weighted by Crippen LogP contribution is -2.37. The fourth-order valence-electron chi connectivity index (χ4n) is 3.92. The summed E-state index contributed by atoms with van der Waals surface area (Å²) >= 11 is 0. The van der Waals surface area contributed by atoms with Gasteiger partial charge in [-0.1, -0.05) is 24.3 Å². The molecule has 0 bridgehead atoms. The minimum atomic E-state index is 0.0377. The fourth-order valence-corrected chi connectivity index (χ4v) is 3.92. The molecule has 0 amide bonds. The Morgan fingerprint density at radius 2 is 1.83 bits per heavy atom. The minimum Gasteiger partial charge on any atom is -0.392 e. The third-order valence-corrected chi connectivity index (χ3v) is 5.48. The van der Waals surface area contributed by atoms with Crippen LogP contribution in [-0.4, -0.2) is 52.9 Å². The third kappa shape index (κ3) is 3.43. The summed E-state index contributed by atoms with van der Waals surface area (Å²) in [7, 11) is 0. The van der Waals surface area contributed by atoms with Crippen molar-refractivity contribution in [2.24, 2.45) is 0 Å². The lowest BCUT2D eigenvalue weighted by atomic mass is 10.0. The predicted octanol–water partition coefficient (Wildman–Crippen LogP) is 2.56. The second-order valence-corrected chi connectivity index (χ2v) is 7.24. The number of aliphatic hydroxyl groups excluding tert-OH is 1. The van der Waals surface area contributed by atoms with E-state index in [9.17, 15) is 5.11 Å². The van der Waals surface area contributed by atoms with Crippen LogP contribution in [0.5, 0.6) is 0 Å². The van der Waals surface area contributed by atoms with E-state index < -0.39 is 0 Å². The lowest BCUT2D eigenvalue weighted by molar-refractivity contribution is 0.122. The third-order valence-electron chi connectivity index (χ3n) is 5.48. The van der Waals surface area contributed by atoms with Gasteiger partial charge in [-0.25, -0.2) is 4.98 Å². The maximum Gasteiger partial charge on any atom is 0.228 e. The van der Waals surface area contributed by atoms with Crippen molar-refractivity contribution in [2.45, 2.75) is 13.0 Å². The lowest BCUT2D eigenvalue weighted by Gasteiger charge is -2.28. The molecule has 4 heterocycles. The summed E-state index contributed by atoms with van der Waals surface area (Å²) in [6.07, 6.45) is 4.54. The molecule has 0 saturated carbocycles. The van der Waals surface area contributed by atoms with Crippen LogP contribution >= 0.6 is 0 Å². The van der Waals surface area contributed by atoms with Gasteiger partial charge in [0.1, 0.15) is 5.82 Å². The Morgan fingerprint density at radius 1 is 1.00 bits per heavy atom. The van der Waals surface area contributed by atoms with E-state index in [1.165, 1.54) is 0 Å².